The van der Waals surface area contributed by atoms with Crippen molar-refractivity contribution in [1.29, 1.82) is 0 Å². The van der Waals surface area contributed by atoms with E-state index >= 15 is 4.39 Å². The predicted molar refractivity (Wildman–Crippen MR) is 130 cm³/mol. The molecule has 0 fully saturated rings. The predicted octanol–water partition coefficient (Wildman–Crippen LogP) is 6.62. The van der Waals surface area contributed by atoms with Crippen LogP contribution in [0.25, 0.3) is 10.9 Å². The van der Waals surface area contributed by atoms with Gasteiger partial charge in [-0.05, 0) is 32.2 Å². The van der Waals surface area contributed by atoms with Crippen LogP contribution in [0.4, 0.5) is 30.4 Å². The summed E-state index contributed by atoms with van der Waals surface area (Å²) in [4.78, 5) is 10.9. The molecule has 0 unspecified atom stereocenters. The van der Waals surface area contributed by atoms with Crippen molar-refractivity contribution < 1.29 is 13.2 Å². The first-order chi connectivity index (χ1) is 15.5. The Hall–Kier alpha value is -3.29. The fourth-order valence-corrected chi connectivity index (χ4v) is 3.72. The molecule has 0 aliphatic rings. The lowest BCUT2D eigenvalue weighted by Crippen LogP contribution is -2.24. The highest BCUT2D eigenvalue weighted by Crippen LogP contribution is 2.39. The van der Waals surface area contributed by atoms with Crippen molar-refractivity contribution in [3.05, 3.63) is 65.9 Å². The van der Waals surface area contributed by atoms with Crippen LogP contribution in [0.15, 0.2) is 43.1 Å². The number of hydrogen-bond donors (Lipinski definition) is 2. The summed E-state index contributed by atoms with van der Waals surface area (Å²) in [6.07, 6.45) is 1.69. The molecule has 0 aliphatic carbocycles. The average Bonchev–Trinajstić information content (AvgIpc) is 2.77. The fraction of sp³-hybridized carbons (Fsp3) is 0.360. The number of aromatic nitrogens is 2. The molecular formula is C25H30F3N5. The number of nitrogens with one attached hydrogen (secondary N) is 2. The molecule has 2 N–H and O–H groups in total. The highest BCUT2D eigenvalue weighted by Gasteiger charge is 2.39. The summed E-state index contributed by atoms with van der Waals surface area (Å²) in [5, 5.41) is 7.09. The topological polar surface area (TPSA) is 53.1 Å². The Labute approximate surface area is 192 Å². The van der Waals surface area contributed by atoms with E-state index in [1.54, 1.807) is 20.0 Å². The van der Waals surface area contributed by atoms with Crippen LogP contribution in [-0.2, 0) is 5.92 Å². The Bertz CT molecular complexity index is 1180. The van der Waals surface area contributed by atoms with E-state index in [0.717, 1.165) is 22.8 Å². The highest BCUT2D eigenvalue weighted by molar-refractivity contribution is 5.96. The van der Waals surface area contributed by atoms with E-state index in [1.165, 1.54) is 26.0 Å². The zero-order chi connectivity index (χ0) is 24.5. The molecule has 0 amide bonds. The second-order valence-corrected chi connectivity index (χ2v) is 8.40. The molecule has 0 aliphatic heterocycles. The average molecular weight is 458 g/mol. The summed E-state index contributed by atoms with van der Waals surface area (Å²) in [5.41, 5.74) is 1.96. The summed E-state index contributed by atoms with van der Waals surface area (Å²) in [7, 11) is 3.69. The van der Waals surface area contributed by atoms with Gasteiger partial charge < -0.3 is 15.5 Å². The van der Waals surface area contributed by atoms with E-state index in [4.69, 9.17) is 0 Å². The Balaban J connectivity index is 2.08. The van der Waals surface area contributed by atoms with E-state index < -0.39 is 29.3 Å². The van der Waals surface area contributed by atoms with Crippen LogP contribution in [0.5, 0.6) is 0 Å². The number of alkyl halides is 2. The van der Waals surface area contributed by atoms with Gasteiger partial charge in [0.25, 0.3) is 5.92 Å². The van der Waals surface area contributed by atoms with Gasteiger partial charge in [0.2, 0.25) is 0 Å². The van der Waals surface area contributed by atoms with Gasteiger partial charge in [0, 0.05) is 31.0 Å². The zero-order valence-electron chi connectivity index (χ0n) is 19.8. The SMILES string of the molecule is C=CN(C)c1cc2nc(C)nc(N[C@H](C)c3cccc(C(F)(F)C(C)C)c3F)c2cc1NC. The lowest BCUT2D eigenvalue weighted by Gasteiger charge is -2.24. The molecule has 0 saturated heterocycles. The number of benzene rings is 2. The summed E-state index contributed by atoms with van der Waals surface area (Å²) in [6, 6.07) is 7.32. The number of fused-ring (bicyclic) bond motifs is 1. The van der Waals surface area contributed by atoms with E-state index in [0.29, 0.717) is 17.2 Å². The molecule has 3 aromatic rings. The maximum Gasteiger partial charge on any atom is 0.278 e. The molecule has 0 bridgehead atoms. The molecule has 8 heteroatoms. The second kappa shape index (κ2) is 9.29. The fourth-order valence-electron chi connectivity index (χ4n) is 3.72. The third-order valence-corrected chi connectivity index (χ3v) is 5.78. The van der Waals surface area contributed by atoms with Gasteiger partial charge in [0.15, 0.2) is 0 Å². The Morgan fingerprint density at radius 3 is 2.45 bits per heavy atom. The minimum Gasteiger partial charge on any atom is -0.386 e. The second-order valence-electron chi connectivity index (χ2n) is 8.40. The van der Waals surface area contributed by atoms with Crippen molar-refractivity contribution in [2.45, 2.75) is 39.7 Å². The minimum absolute atomic E-state index is 0.147. The van der Waals surface area contributed by atoms with Gasteiger partial charge >= 0.3 is 0 Å². The first-order valence-corrected chi connectivity index (χ1v) is 10.8. The number of nitrogens with zero attached hydrogens (tertiary/aromatic N) is 3. The molecule has 0 spiro atoms. The summed E-state index contributed by atoms with van der Waals surface area (Å²) < 4.78 is 44.4. The lowest BCUT2D eigenvalue weighted by atomic mass is 9.94. The third-order valence-electron chi connectivity index (χ3n) is 5.78. The van der Waals surface area contributed by atoms with Crippen molar-refractivity contribution in [2.75, 3.05) is 29.6 Å². The maximum absolute atomic E-state index is 15.2. The zero-order valence-corrected chi connectivity index (χ0v) is 19.8. The van der Waals surface area contributed by atoms with Crippen molar-refractivity contribution in [2.24, 2.45) is 5.92 Å². The van der Waals surface area contributed by atoms with Crippen LogP contribution in [-0.4, -0.2) is 24.1 Å². The summed E-state index contributed by atoms with van der Waals surface area (Å²) in [5.74, 6) is -4.18. The van der Waals surface area contributed by atoms with Crippen LogP contribution in [0.1, 0.15) is 43.8 Å². The monoisotopic (exact) mass is 457 g/mol. The number of aryl methyl sites for hydroxylation is 1. The van der Waals surface area contributed by atoms with Crippen LogP contribution >= 0.6 is 0 Å². The molecule has 5 nitrogen and oxygen atoms in total. The number of hydrogen-bond acceptors (Lipinski definition) is 5. The van der Waals surface area contributed by atoms with Gasteiger partial charge in [-0.15, -0.1) is 0 Å². The molecule has 1 heterocycles. The number of halogens is 3. The van der Waals surface area contributed by atoms with E-state index in [9.17, 15) is 8.78 Å². The maximum atomic E-state index is 15.2. The highest BCUT2D eigenvalue weighted by atomic mass is 19.3. The van der Waals surface area contributed by atoms with Gasteiger partial charge in [-0.3, -0.25) is 0 Å². The number of anilines is 3. The smallest absolute Gasteiger partial charge is 0.278 e. The van der Waals surface area contributed by atoms with Crippen molar-refractivity contribution in [3.63, 3.8) is 0 Å². The van der Waals surface area contributed by atoms with Crippen LogP contribution in [0, 0.1) is 18.7 Å². The van der Waals surface area contributed by atoms with Gasteiger partial charge in [0.05, 0.1) is 28.5 Å². The molecular weight excluding hydrogens is 427 g/mol. The van der Waals surface area contributed by atoms with Gasteiger partial charge in [-0.2, -0.15) is 0 Å². The van der Waals surface area contributed by atoms with Crippen LogP contribution in [0.3, 0.4) is 0 Å². The molecule has 1 atom stereocenters. The Kier molecular flexibility index (Phi) is 6.86. The molecule has 176 valence electrons. The standard InChI is InChI=1S/C25H30F3N5/c1-8-33(7)22-13-20-18(12-21(22)29-6)24(32-16(5)31-20)30-15(4)17-10-9-11-19(23(17)26)25(27,28)14(2)3/h8-15,29H,1H2,2-7H3,(H,30,31,32)/t15-/m1/s1. The Morgan fingerprint density at radius 1 is 1.15 bits per heavy atom. The van der Waals surface area contributed by atoms with Crippen molar-refractivity contribution in [3.8, 4) is 0 Å². The molecule has 2 aromatic carbocycles. The van der Waals surface area contributed by atoms with Crippen molar-refractivity contribution >= 4 is 28.1 Å². The molecule has 0 radical (unpaired) electrons. The minimum atomic E-state index is -3.27. The normalized spacial score (nSPS) is 12.7. The van der Waals surface area contributed by atoms with Crippen LogP contribution in [0.2, 0.25) is 0 Å². The molecule has 0 saturated carbocycles. The molecule has 1 aromatic heterocycles. The number of rotatable bonds is 8. The summed E-state index contributed by atoms with van der Waals surface area (Å²) in [6.45, 7) is 10.0. The van der Waals surface area contributed by atoms with E-state index in [1.807, 2.05) is 31.1 Å². The largest absolute Gasteiger partial charge is 0.386 e. The third kappa shape index (κ3) is 4.60. The first kappa shape index (κ1) is 24.4. The lowest BCUT2D eigenvalue weighted by molar-refractivity contribution is -0.0545. The van der Waals surface area contributed by atoms with Crippen molar-refractivity contribution in [1.82, 2.24) is 9.97 Å². The van der Waals surface area contributed by atoms with E-state index in [-0.39, 0.29) is 5.56 Å². The quantitative estimate of drug-likeness (QED) is 0.398. The molecule has 33 heavy (non-hydrogen) atoms. The molecule has 3 rings (SSSR count). The first-order valence-electron chi connectivity index (χ1n) is 10.8. The van der Waals surface area contributed by atoms with Gasteiger partial charge in [-0.1, -0.05) is 38.6 Å². The van der Waals surface area contributed by atoms with E-state index in [2.05, 4.69) is 27.2 Å². The van der Waals surface area contributed by atoms with Gasteiger partial charge in [0.1, 0.15) is 17.5 Å². The van der Waals surface area contributed by atoms with Gasteiger partial charge in [-0.25, -0.2) is 23.1 Å². The van der Waals surface area contributed by atoms with Crippen LogP contribution < -0.4 is 15.5 Å². The summed E-state index contributed by atoms with van der Waals surface area (Å²) >= 11 is 0. The Morgan fingerprint density at radius 2 is 1.85 bits per heavy atom.